The van der Waals surface area contributed by atoms with Crippen molar-refractivity contribution in [3.05, 3.63) is 92.5 Å². The highest BCUT2D eigenvalue weighted by molar-refractivity contribution is 6.35. The van der Waals surface area contributed by atoms with E-state index in [9.17, 15) is 14.4 Å². The van der Waals surface area contributed by atoms with E-state index in [1.807, 2.05) is 0 Å². The average Bonchev–Trinajstić information content (AvgIpc) is 2.67. The number of carbonyl (C=O) groups is 3. The Labute approximate surface area is 170 Å². The molecule has 1 aliphatic carbocycles. The first kappa shape index (κ1) is 18.2. The second kappa shape index (κ2) is 6.78. The Morgan fingerprint density at radius 3 is 2.14 bits per heavy atom. The summed E-state index contributed by atoms with van der Waals surface area (Å²) in [6.07, 6.45) is 0. The van der Waals surface area contributed by atoms with Crippen molar-refractivity contribution in [3.63, 3.8) is 0 Å². The van der Waals surface area contributed by atoms with Gasteiger partial charge in [0.05, 0.1) is 16.8 Å². The molecule has 0 heterocycles. The third-order valence-corrected chi connectivity index (χ3v) is 5.00. The molecule has 1 aliphatic rings. The van der Waals surface area contributed by atoms with Gasteiger partial charge in [-0.05, 0) is 54.6 Å². The zero-order valence-corrected chi connectivity index (χ0v) is 15.8. The molecule has 28 heavy (non-hydrogen) atoms. The van der Waals surface area contributed by atoms with Crippen molar-refractivity contribution in [1.82, 2.24) is 0 Å². The number of hydrogen-bond donors (Lipinski definition) is 2. The molecule has 1 amide bonds. The van der Waals surface area contributed by atoms with Crippen LogP contribution in [0, 0.1) is 0 Å². The average molecular weight is 411 g/mol. The number of amides is 1. The minimum atomic E-state index is -0.439. The molecule has 3 aromatic carbocycles. The zero-order valence-electron chi connectivity index (χ0n) is 14.3. The van der Waals surface area contributed by atoms with E-state index in [1.54, 1.807) is 24.3 Å². The molecule has 0 saturated carbocycles. The van der Waals surface area contributed by atoms with E-state index in [0.717, 1.165) is 0 Å². The lowest BCUT2D eigenvalue weighted by Gasteiger charge is -2.22. The van der Waals surface area contributed by atoms with Crippen molar-refractivity contribution < 1.29 is 14.4 Å². The van der Waals surface area contributed by atoms with Gasteiger partial charge < -0.3 is 11.1 Å². The third kappa shape index (κ3) is 2.95. The van der Waals surface area contributed by atoms with Gasteiger partial charge in [0.1, 0.15) is 0 Å². The third-order valence-electron chi connectivity index (χ3n) is 4.52. The fraction of sp³-hybridized carbons (Fsp3) is 0. The SMILES string of the molecule is Nc1ccc(NC(=O)c2ccc(Cl)cc2)c2c1C(=O)c1cc(Cl)ccc1C2=O. The fourth-order valence-corrected chi connectivity index (χ4v) is 3.47. The number of hydrogen-bond acceptors (Lipinski definition) is 4. The van der Waals surface area contributed by atoms with Crippen LogP contribution in [-0.2, 0) is 0 Å². The summed E-state index contributed by atoms with van der Waals surface area (Å²) in [7, 11) is 0. The van der Waals surface area contributed by atoms with Crippen LogP contribution in [0.4, 0.5) is 11.4 Å². The van der Waals surface area contributed by atoms with E-state index >= 15 is 0 Å². The number of carbonyl (C=O) groups excluding carboxylic acids is 3. The molecular formula is C21H12Cl2N2O3. The number of anilines is 2. The van der Waals surface area contributed by atoms with Crippen LogP contribution in [0.5, 0.6) is 0 Å². The topological polar surface area (TPSA) is 89.3 Å². The van der Waals surface area contributed by atoms with Gasteiger partial charge in [-0.2, -0.15) is 0 Å². The highest BCUT2D eigenvalue weighted by Gasteiger charge is 2.34. The van der Waals surface area contributed by atoms with Crippen LogP contribution in [0.1, 0.15) is 42.2 Å². The maximum Gasteiger partial charge on any atom is 0.255 e. The van der Waals surface area contributed by atoms with Crippen LogP contribution in [0.15, 0.2) is 54.6 Å². The van der Waals surface area contributed by atoms with Gasteiger partial charge in [-0.25, -0.2) is 0 Å². The summed E-state index contributed by atoms with van der Waals surface area (Å²) in [4.78, 5) is 38.6. The minimum absolute atomic E-state index is 0.0636. The van der Waals surface area contributed by atoms with Crippen molar-refractivity contribution in [3.8, 4) is 0 Å². The number of ketones is 2. The van der Waals surface area contributed by atoms with Crippen LogP contribution in [0.2, 0.25) is 10.0 Å². The lowest BCUT2D eigenvalue weighted by molar-refractivity contribution is 0.0979. The van der Waals surface area contributed by atoms with Gasteiger partial charge in [-0.15, -0.1) is 0 Å². The number of fused-ring (bicyclic) bond motifs is 2. The quantitative estimate of drug-likeness (QED) is 0.472. The summed E-state index contributed by atoms with van der Waals surface area (Å²) in [6, 6.07) is 13.8. The lowest BCUT2D eigenvalue weighted by atomic mass is 9.82. The largest absolute Gasteiger partial charge is 0.398 e. The standard InChI is InChI=1S/C21H12Cl2N2O3/c22-11-3-1-10(2-4-11)21(28)25-16-8-7-15(24)17-18(16)19(26)13-6-5-12(23)9-14(13)20(17)27/h1-9H,24H2,(H,25,28). The zero-order chi connectivity index (χ0) is 20.0. The first-order valence-electron chi connectivity index (χ1n) is 8.25. The van der Waals surface area contributed by atoms with Crippen LogP contribution < -0.4 is 11.1 Å². The molecule has 0 atom stereocenters. The molecule has 3 N–H and O–H groups in total. The lowest BCUT2D eigenvalue weighted by Crippen LogP contribution is -2.25. The van der Waals surface area contributed by atoms with E-state index in [2.05, 4.69) is 5.32 Å². The smallest absolute Gasteiger partial charge is 0.255 e. The first-order valence-corrected chi connectivity index (χ1v) is 9.01. The Balaban J connectivity index is 1.81. The minimum Gasteiger partial charge on any atom is -0.398 e. The van der Waals surface area contributed by atoms with Crippen molar-refractivity contribution in [1.29, 1.82) is 0 Å². The summed E-state index contributed by atoms with van der Waals surface area (Å²) in [5, 5.41) is 3.53. The second-order valence-corrected chi connectivity index (χ2v) is 7.13. The van der Waals surface area contributed by atoms with Gasteiger partial charge in [0, 0.05) is 32.4 Å². The van der Waals surface area contributed by atoms with Crippen LogP contribution in [0.3, 0.4) is 0 Å². The molecule has 0 bridgehead atoms. The highest BCUT2D eigenvalue weighted by atomic mass is 35.5. The van der Waals surface area contributed by atoms with Gasteiger partial charge >= 0.3 is 0 Å². The summed E-state index contributed by atoms with van der Waals surface area (Å²) in [5.41, 5.74) is 7.25. The van der Waals surface area contributed by atoms with Gasteiger partial charge in [0.25, 0.3) is 5.91 Å². The molecule has 3 aromatic rings. The Hall–Kier alpha value is -3.15. The molecule has 138 valence electrons. The second-order valence-electron chi connectivity index (χ2n) is 6.26. The van der Waals surface area contributed by atoms with E-state index in [1.165, 1.54) is 30.3 Å². The number of nitrogen functional groups attached to an aromatic ring is 1. The van der Waals surface area contributed by atoms with E-state index < -0.39 is 17.5 Å². The van der Waals surface area contributed by atoms with Crippen molar-refractivity contribution in [2.75, 3.05) is 11.1 Å². The number of halogens is 2. The van der Waals surface area contributed by atoms with Crippen molar-refractivity contribution >= 4 is 52.1 Å². The van der Waals surface area contributed by atoms with E-state index in [0.29, 0.717) is 15.6 Å². The molecular weight excluding hydrogens is 399 g/mol. The number of nitrogens with two attached hydrogens (primary N) is 1. The molecule has 0 radical (unpaired) electrons. The number of nitrogens with one attached hydrogen (secondary N) is 1. The molecule has 0 fully saturated rings. The van der Waals surface area contributed by atoms with Crippen molar-refractivity contribution in [2.45, 2.75) is 0 Å². The maximum atomic E-state index is 13.1. The molecule has 4 rings (SSSR count). The maximum absolute atomic E-state index is 13.1. The predicted octanol–water partition coefficient (Wildman–Crippen LogP) is 4.60. The summed E-state index contributed by atoms with van der Waals surface area (Å²) >= 11 is 11.8. The first-order chi connectivity index (χ1) is 13.4. The highest BCUT2D eigenvalue weighted by Crippen LogP contribution is 2.36. The molecule has 0 aromatic heterocycles. The Morgan fingerprint density at radius 2 is 1.43 bits per heavy atom. The van der Waals surface area contributed by atoms with Gasteiger partial charge in [-0.3, -0.25) is 14.4 Å². The van der Waals surface area contributed by atoms with Crippen LogP contribution in [0.25, 0.3) is 0 Å². The Bertz CT molecular complexity index is 1170. The normalized spacial score (nSPS) is 12.4. The Morgan fingerprint density at radius 1 is 0.786 bits per heavy atom. The molecule has 0 spiro atoms. The van der Waals surface area contributed by atoms with Crippen molar-refractivity contribution in [2.24, 2.45) is 0 Å². The van der Waals surface area contributed by atoms with Gasteiger partial charge in [0.15, 0.2) is 11.6 Å². The molecule has 0 aliphatic heterocycles. The van der Waals surface area contributed by atoms with Crippen LogP contribution in [-0.4, -0.2) is 17.5 Å². The van der Waals surface area contributed by atoms with Crippen LogP contribution >= 0.6 is 23.2 Å². The monoisotopic (exact) mass is 410 g/mol. The summed E-state index contributed by atoms with van der Waals surface area (Å²) in [6.45, 7) is 0. The Kier molecular flexibility index (Phi) is 4.41. The molecule has 0 unspecified atom stereocenters. The number of rotatable bonds is 2. The van der Waals surface area contributed by atoms with E-state index in [-0.39, 0.29) is 33.6 Å². The number of benzene rings is 3. The molecule has 0 saturated heterocycles. The summed E-state index contributed by atoms with van der Waals surface area (Å²) < 4.78 is 0. The van der Waals surface area contributed by atoms with Gasteiger partial charge in [-0.1, -0.05) is 23.2 Å². The summed E-state index contributed by atoms with van der Waals surface area (Å²) in [5.74, 6) is -1.25. The molecule has 5 nitrogen and oxygen atoms in total. The predicted molar refractivity (Wildman–Crippen MR) is 109 cm³/mol. The van der Waals surface area contributed by atoms with E-state index in [4.69, 9.17) is 28.9 Å². The molecule has 7 heteroatoms. The fourth-order valence-electron chi connectivity index (χ4n) is 3.17. The van der Waals surface area contributed by atoms with Gasteiger partial charge in [0.2, 0.25) is 0 Å².